The average Bonchev–Trinajstić information content (AvgIpc) is 2.85. The zero-order valence-electron chi connectivity index (χ0n) is 10.4. The highest BCUT2D eigenvalue weighted by molar-refractivity contribution is 5.69. The standard InChI is InChI=1S/C12H12N2O5/c1-17-7-3-4-8(9(5-7)18-2)12-13-10(19-14-12)6-11(15)16/h3-5H,6H2,1-2H3,(H,15,16). The number of carboxylic acids is 1. The third-order valence-corrected chi connectivity index (χ3v) is 2.42. The van der Waals surface area contributed by atoms with Crippen LogP contribution in [0, 0.1) is 0 Å². The third kappa shape index (κ3) is 2.82. The van der Waals surface area contributed by atoms with Crippen LogP contribution >= 0.6 is 0 Å². The van der Waals surface area contributed by atoms with Crippen LogP contribution in [0.15, 0.2) is 22.7 Å². The van der Waals surface area contributed by atoms with Crippen LogP contribution < -0.4 is 9.47 Å². The third-order valence-electron chi connectivity index (χ3n) is 2.42. The molecule has 0 aliphatic rings. The minimum atomic E-state index is -1.03. The van der Waals surface area contributed by atoms with Gasteiger partial charge in [-0.1, -0.05) is 5.16 Å². The van der Waals surface area contributed by atoms with Crippen molar-refractivity contribution in [2.45, 2.75) is 6.42 Å². The number of aromatic nitrogens is 2. The van der Waals surface area contributed by atoms with E-state index in [1.807, 2.05) is 0 Å². The van der Waals surface area contributed by atoms with Gasteiger partial charge < -0.3 is 19.1 Å². The largest absolute Gasteiger partial charge is 0.497 e. The number of aliphatic carboxylic acids is 1. The summed E-state index contributed by atoms with van der Waals surface area (Å²) < 4.78 is 15.2. The number of ether oxygens (including phenoxy) is 2. The Morgan fingerprint density at radius 3 is 2.79 bits per heavy atom. The first kappa shape index (κ1) is 12.9. The molecule has 0 fully saturated rings. The summed E-state index contributed by atoms with van der Waals surface area (Å²) in [5, 5.41) is 12.4. The van der Waals surface area contributed by atoms with Crippen molar-refractivity contribution in [3.05, 3.63) is 24.1 Å². The summed E-state index contributed by atoms with van der Waals surface area (Å²) in [6, 6.07) is 5.13. The minimum Gasteiger partial charge on any atom is -0.497 e. The Labute approximate surface area is 108 Å². The topological polar surface area (TPSA) is 94.7 Å². The highest BCUT2D eigenvalue weighted by Crippen LogP contribution is 2.31. The monoisotopic (exact) mass is 264 g/mol. The second-order valence-corrected chi connectivity index (χ2v) is 3.65. The van der Waals surface area contributed by atoms with E-state index in [1.165, 1.54) is 7.11 Å². The van der Waals surface area contributed by atoms with E-state index in [0.717, 1.165) is 0 Å². The molecule has 0 bridgehead atoms. The molecule has 0 radical (unpaired) electrons. The summed E-state index contributed by atoms with van der Waals surface area (Å²) in [5.41, 5.74) is 0.601. The Bertz CT molecular complexity index is 594. The van der Waals surface area contributed by atoms with Crippen molar-refractivity contribution in [3.63, 3.8) is 0 Å². The maximum Gasteiger partial charge on any atom is 0.312 e. The van der Waals surface area contributed by atoms with E-state index < -0.39 is 5.97 Å². The molecule has 0 spiro atoms. The van der Waals surface area contributed by atoms with Gasteiger partial charge >= 0.3 is 5.97 Å². The van der Waals surface area contributed by atoms with Crippen LogP contribution in [0.3, 0.4) is 0 Å². The molecule has 1 N–H and O–H groups in total. The lowest BCUT2D eigenvalue weighted by Crippen LogP contribution is -2.00. The second kappa shape index (κ2) is 5.38. The molecule has 1 heterocycles. The summed E-state index contributed by atoms with van der Waals surface area (Å²) >= 11 is 0. The molecule has 0 amide bonds. The van der Waals surface area contributed by atoms with Crippen LogP contribution in [0.2, 0.25) is 0 Å². The van der Waals surface area contributed by atoms with Gasteiger partial charge in [0, 0.05) is 6.07 Å². The van der Waals surface area contributed by atoms with Gasteiger partial charge in [-0.15, -0.1) is 0 Å². The Morgan fingerprint density at radius 1 is 1.37 bits per heavy atom. The van der Waals surface area contributed by atoms with Gasteiger partial charge in [-0.05, 0) is 12.1 Å². The van der Waals surface area contributed by atoms with Gasteiger partial charge in [0.05, 0.1) is 19.8 Å². The lowest BCUT2D eigenvalue weighted by atomic mass is 10.2. The van der Waals surface area contributed by atoms with Crippen LogP contribution in [0.4, 0.5) is 0 Å². The summed E-state index contributed by atoms with van der Waals surface area (Å²) in [6.07, 6.45) is -0.314. The van der Waals surface area contributed by atoms with Gasteiger partial charge in [0.1, 0.15) is 17.9 Å². The van der Waals surface area contributed by atoms with E-state index in [0.29, 0.717) is 17.1 Å². The number of benzene rings is 1. The number of carbonyl (C=O) groups is 1. The van der Waals surface area contributed by atoms with E-state index in [1.54, 1.807) is 25.3 Å². The van der Waals surface area contributed by atoms with E-state index in [-0.39, 0.29) is 18.1 Å². The predicted octanol–water partition coefficient (Wildman–Crippen LogP) is 1.38. The average molecular weight is 264 g/mol. The molecule has 0 saturated heterocycles. The highest BCUT2D eigenvalue weighted by Gasteiger charge is 2.15. The predicted molar refractivity (Wildman–Crippen MR) is 64.2 cm³/mol. The molecule has 7 heteroatoms. The van der Waals surface area contributed by atoms with Crippen LogP contribution in [0.1, 0.15) is 5.89 Å². The number of methoxy groups -OCH3 is 2. The molecule has 0 saturated carbocycles. The Balaban J connectivity index is 2.35. The first-order chi connectivity index (χ1) is 9.13. The van der Waals surface area contributed by atoms with E-state index in [9.17, 15) is 4.79 Å². The van der Waals surface area contributed by atoms with Gasteiger partial charge in [0.25, 0.3) is 0 Å². The fourth-order valence-electron chi connectivity index (χ4n) is 1.55. The molecule has 1 aromatic carbocycles. The smallest absolute Gasteiger partial charge is 0.312 e. The molecule has 100 valence electrons. The van der Waals surface area contributed by atoms with Crippen molar-refractivity contribution in [2.75, 3.05) is 14.2 Å². The summed E-state index contributed by atoms with van der Waals surface area (Å²) in [5.74, 6) is 0.435. The summed E-state index contributed by atoms with van der Waals surface area (Å²) in [4.78, 5) is 14.6. The number of carboxylic acid groups (broad SMARTS) is 1. The summed E-state index contributed by atoms with van der Waals surface area (Å²) in [7, 11) is 3.06. The molecule has 1 aromatic heterocycles. The fourth-order valence-corrected chi connectivity index (χ4v) is 1.55. The molecular formula is C12H12N2O5. The maximum atomic E-state index is 10.6. The molecular weight excluding hydrogens is 252 g/mol. The number of nitrogens with zero attached hydrogens (tertiary/aromatic N) is 2. The van der Waals surface area contributed by atoms with Crippen LogP contribution in [0.25, 0.3) is 11.4 Å². The second-order valence-electron chi connectivity index (χ2n) is 3.65. The lowest BCUT2D eigenvalue weighted by molar-refractivity contribution is -0.136. The van der Waals surface area contributed by atoms with Gasteiger partial charge in [-0.25, -0.2) is 0 Å². The highest BCUT2D eigenvalue weighted by atomic mass is 16.5. The Hall–Kier alpha value is -2.57. The normalized spacial score (nSPS) is 10.2. The van der Waals surface area contributed by atoms with E-state index in [2.05, 4.69) is 10.1 Å². The first-order valence-corrected chi connectivity index (χ1v) is 5.41. The van der Waals surface area contributed by atoms with Gasteiger partial charge in [-0.3, -0.25) is 4.79 Å². The number of hydrogen-bond donors (Lipinski definition) is 1. The fraction of sp³-hybridized carbons (Fsp3) is 0.250. The van der Waals surface area contributed by atoms with Gasteiger partial charge in [0.2, 0.25) is 11.7 Å². The maximum absolute atomic E-state index is 10.6. The van der Waals surface area contributed by atoms with Crippen LogP contribution in [-0.2, 0) is 11.2 Å². The van der Waals surface area contributed by atoms with E-state index >= 15 is 0 Å². The number of rotatable bonds is 5. The molecule has 0 aliphatic heterocycles. The molecule has 0 atom stereocenters. The molecule has 2 rings (SSSR count). The minimum absolute atomic E-state index is 0.0420. The zero-order chi connectivity index (χ0) is 13.8. The van der Waals surface area contributed by atoms with Crippen molar-refractivity contribution in [3.8, 4) is 22.9 Å². The Kier molecular flexibility index (Phi) is 3.65. The Morgan fingerprint density at radius 2 is 2.16 bits per heavy atom. The van der Waals surface area contributed by atoms with Crippen molar-refractivity contribution in [1.29, 1.82) is 0 Å². The van der Waals surface area contributed by atoms with Gasteiger partial charge in [-0.2, -0.15) is 4.98 Å². The zero-order valence-corrected chi connectivity index (χ0v) is 10.4. The van der Waals surface area contributed by atoms with E-state index in [4.69, 9.17) is 19.1 Å². The van der Waals surface area contributed by atoms with Crippen molar-refractivity contribution < 1.29 is 23.9 Å². The SMILES string of the molecule is COc1ccc(-c2noc(CC(=O)O)n2)c(OC)c1. The molecule has 0 unspecified atom stereocenters. The van der Waals surface area contributed by atoms with Crippen molar-refractivity contribution in [1.82, 2.24) is 10.1 Å². The first-order valence-electron chi connectivity index (χ1n) is 5.41. The van der Waals surface area contributed by atoms with Crippen LogP contribution in [0.5, 0.6) is 11.5 Å². The quantitative estimate of drug-likeness (QED) is 0.871. The lowest BCUT2D eigenvalue weighted by Gasteiger charge is -2.07. The molecule has 0 aliphatic carbocycles. The van der Waals surface area contributed by atoms with Crippen LogP contribution in [-0.4, -0.2) is 35.4 Å². The summed E-state index contributed by atoms with van der Waals surface area (Å²) in [6.45, 7) is 0. The molecule has 7 nitrogen and oxygen atoms in total. The molecule has 19 heavy (non-hydrogen) atoms. The van der Waals surface area contributed by atoms with Gasteiger partial charge in [0.15, 0.2) is 0 Å². The number of hydrogen-bond acceptors (Lipinski definition) is 6. The van der Waals surface area contributed by atoms with Crippen molar-refractivity contribution >= 4 is 5.97 Å². The van der Waals surface area contributed by atoms with Crippen molar-refractivity contribution in [2.24, 2.45) is 0 Å². The molecule has 2 aromatic rings.